The molecule has 0 atom stereocenters. The predicted molar refractivity (Wildman–Crippen MR) is 101 cm³/mol. The van der Waals surface area contributed by atoms with Crippen molar-refractivity contribution >= 4 is 43.8 Å². The Kier molecular flexibility index (Phi) is 7.27. The highest BCUT2D eigenvalue weighted by atomic mass is 79.9. The zero-order valence-corrected chi connectivity index (χ0v) is 16.0. The third-order valence-corrected chi connectivity index (χ3v) is 4.17. The highest BCUT2D eigenvalue weighted by molar-refractivity contribution is 9.10. The van der Waals surface area contributed by atoms with Crippen molar-refractivity contribution in [2.45, 2.75) is 6.54 Å². The van der Waals surface area contributed by atoms with Gasteiger partial charge in [0.05, 0.1) is 0 Å². The number of hydrogen-bond acceptors (Lipinski definition) is 2. The van der Waals surface area contributed by atoms with Gasteiger partial charge in [-0.15, -0.1) is 0 Å². The average Bonchev–Trinajstić information content (AvgIpc) is 2.57. The SMILES string of the molecule is O=C(NCCNC(=O)c1ccc(Br)cc1)NCc1cccc(Br)c1. The van der Waals surface area contributed by atoms with Crippen LogP contribution in [0.4, 0.5) is 4.79 Å². The smallest absolute Gasteiger partial charge is 0.315 e. The molecule has 3 N–H and O–H groups in total. The number of carbonyl (C=O) groups excluding carboxylic acids is 2. The quantitative estimate of drug-likeness (QED) is 0.585. The second-order valence-corrected chi connectivity index (χ2v) is 6.83. The van der Waals surface area contributed by atoms with E-state index >= 15 is 0 Å². The maximum atomic E-state index is 11.9. The lowest BCUT2D eigenvalue weighted by Crippen LogP contribution is -2.40. The molecule has 0 radical (unpaired) electrons. The number of rotatable bonds is 6. The van der Waals surface area contributed by atoms with E-state index in [1.54, 1.807) is 12.1 Å². The molecule has 0 spiro atoms. The van der Waals surface area contributed by atoms with E-state index in [-0.39, 0.29) is 11.9 Å². The fourth-order valence-electron chi connectivity index (χ4n) is 1.95. The third-order valence-electron chi connectivity index (χ3n) is 3.14. The predicted octanol–water partition coefficient (Wildman–Crippen LogP) is 3.44. The maximum absolute atomic E-state index is 11.9. The zero-order valence-electron chi connectivity index (χ0n) is 12.8. The van der Waals surface area contributed by atoms with Crippen LogP contribution in [0.2, 0.25) is 0 Å². The van der Waals surface area contributed by atoms with Gasteiger partial charge in [0.25, 0.3) is 5.91 Å². The Balaban J connectivity index is 1.64. The fraction of sp³-hybridized carbons (Fsp3) is 0.176. The molecule has 0 aromatic heterocycles. The van der Waals surface area contributed by atoms with Crippen molar-refractivity contribution in [3.8, 4) is 0 Å². The van der Waals surface area contributed by atoms with Crippen LogP contribution < -0.4 is 16.0 Å². The summed E-state index contributed by atoms with van der Waals surface area (Å²) in [4.78, 5) is 23.6. The minimum atomic E-state index is -0.270. The monoisotopic (exact) mass is 453 g/mol. The summed E-state index contributed by atoms with van der Waals surface area (Å²) in [5, 5.41) is 8.21. The van der Waals surface area contributed by atoms with Gasteiger partial charge in [-0.1, -0.05) is 44.0 Å². The van der Waals surface area contributed by atoms with Crippen LogP contribution in [0.3, 0.4) is 0 Å². The highest BCUT2D eigenvalue weighted by Gasteiger charge is 2.05. The van der Waals surface area contributed by atoms with Gasteiger partial charge in [0, 0.05) is 34.1 Å². The fourth-order valence-corrected chi connectivity index (χ4v) is 2.66. The Morgan fingerprint density at radius 1 is 0.833 bits per heavy atom. The highest BCUT2D eigenvalue weighted by Crippen LogP contribution is 2.11. The van der Waals surface area contributed by atoms with Gasteiger partial charge < -0.3 is 16.0 Å². The number of benzene rings is 2. The second kappa shape index (κ2) is 9.44. The Morgan fingerprint density at radius 3 is 2.25 bits per heavy atom. The molecule has 2 aromatic rings. The van der Waals surface area contributed by atoms with Crippen LogP contribution >= 0.6 is 31.9 Å². The van der Waals surface area contributed by atoms with Crippen LogP contribution in [0.15, 0.2) is 57.5 Å². The molecule has 0 unspecified atom stereocenters. The molecular weight excluding hydrogens is 438 g/mol. The van der Waals surface area contributed by atoms with E-state index in [0.29, 0.717) is 25.2 Å². The molecule has 7 heteroatoms. The van der Waals surface area contributed by atoms with Crippen molar-refractivity contribution in [3.63, 3.8) is 0 Å². The number of carbonyl (C=O) groups is 2. The minimum Gasteiger partial charge on any atom is -0.350 e. The minimum absolute atomic E-state index is 0.168. The van der Waals surface area contributed by atoms with Gasteiger partial charge in [0.15, 0.2) is 0 Å². The Labute approximate surface area is 157 Å². The molecule has 0 bridgehead atoms. The van der Waals surface area contributed by atoms with Gasteiger partial charge in [-0.3, -0.25) is 4.79 Å². The molecule has 0 saturated carbocycles. The van der Waals surface area contributed by atoms with Crippen molar-refractivity contribution in [1.29, 1.82) is 0 Å². The molecule has 0 aliphatic rings. The van der Waals surface area contributed by atoms with Crippen LogP contribution in [-0.2, 0) is 6.54 Å². The molecule has 2 aromatic carbocycles. The lowest BCUT2D eigenvalue weighted by molar-refractivity contribution is 0.0954. The molecule has 0 aliphatic heterocycles. The molecule has 0 heterocycles. The number of nitrogens with one attached hydrogen (secondary N) is 3. The van der Waals surface area contributed by atoms with Crippen LogP contribution in [0.1, 0.15) is 15.9 Å². The van der Waals surface area contributed by atoms with Crippen LogP contribution in [0.25, 0.3) is 0 Å². The van der Waals surface area contributed by atoms with E-state index in [9.17, 15) is 9.59 Å². The van der Waals surface area contributed by atoms with Crippen molar-refractivity contribution in [3.05, 3.63) is 68.6 Å². The van der Waals surface area contributed by atoms with Crippen molar-refractivity contribution in [2.24, 2.45) is 0 Å². The van der Waals surface area contributed by atoms with Gasteiger partial charge in [-0.25, -0.2) is 4.79 Å². The second-order valence-electron chi connectivity index (χ2n) is 5.00. The molecule has 24 heavy (non-hydrogen) atoms. The van der Waals surface area contributed by atoms with Crippen LogP contribution in [-0.4, -0.2) is 25.0 Å². The molecule has 0 saturated heterocycles. The van der Waals surface area contributed by atoms with E-state index in [0.717, 1.165) is 14.5 Å². The summed E-state index contributed by atoms with van der Waals surface area (Å²) in [7, 11) is 0. The first kappa shape index (κ1) is 18.5. The lowest BCUT2D eigenvalue weighted by Gasteiger charge is -2.09. The summed E-state index contributed by atoms with van der Waals surface area (Å²) in [6, 6.07) is 14.5. The first-order chi connectivity index (χ1) is 11.5. The number of urea groups is 1. The van der Waals surface area contributed by atoms with Gasteiger partial charge >= 0.3 is 6.03 Å². The van der Waals surface area contributed by atoms with E-state index in [2.05, 4.69) is 47.8 Å². The van der Waals surface area contributed by atoms with Gasteiger partial charge in [0.2, 0.25) is 0 Å². The largest absolute Gasteiger partial charge is 0.350 e. The normalized spacial score (nSPS) is 10.1. The van der Waals surface area contributed by atoms with Gasteiger partial charge in [0.1, 0.15) is 0 Å². The zero-order chi connectivity index (χ0) is 17.4. The molecule has 5 nitrogen and oxygen atoms in total. The first-order valence-corrected chi connectivity index (χ1v) is 8.93. The third kappa shape index (κ3) is 6.33. The van der Waals surface area contributed by atoms with Crippen molar-refractivity contribution in [1.82, 2.24) is 16.0 Å². The van der Waals surface area contributed by atoms with Crippen molar-refractivity contribution < 1.29 is 9.59 Å². The number of hydrogen-bond donors (Lipinski definition) is 3. The summed E-state index contributed by atoms with van der Waals surface area (Å²) in [6.07, 6.45) is 0. The van der Waals surface area contributed by atoms with E-state index in [1.165, 1.54) is 0 Å². The number of halogens is 2. The van der Waals surface area contributed by atoms with Crippen LogP contribution in [0.5, 0.6) is 0 Å². The Morgan fingerprint density at radius 2 is 1.54 bits per heavy atom. The van der Waals surface area contributed by atoms with Crippen LogP contribution in [0, 0.1) is 0 Å². The standard InChI is InChI=1S/C17H17Br2N3O2/c18-14-6-4-13(5-7-14)16(23)20-8-9-21-17(24)22-11-12-2-1-3-15(19)10-12/h1-7,10H,8-9,11H2,(H,20,23)(H2,21,22,24). The summed E-state index contributed by atoms with van der Waals surface area (Å²) in [6.45, 7) is 1.16. The topological polar surface area (TPSA) is 70.2 Å². The van der Waals surface area contributed by atoms with E-state index < -0.39 is 0 Å². The Hall–Kier alpha value is -1.86. The summed E-state index contributed by atoms with van der Waals surface area (Å²) in [5.41, 5.74) is 1.58. The molecule has 126 valence electrons. The number of amides is 3. The van der Waals surface area contributed by atoms with Crippen molar-refractivity contribution in [2.75, 3.05) is 13.1 Å². The van der Waals surface area contributed by atoms with Gasteiger partial charge in [-0.05, 0) is 42.0 Å². The molecule has 2 rings (SSSR count). The molecular formula is C17H17Br2N3O2. The van der Waals surface area contributed by atoms with Gasteiger partial charge in [-0.2, -0.15) is 0 Å². The molecule has 0 fully saturated rings. The summed E-state index contributed by atoms with van der Waals surface area (Å²) >= 11 is 6.71. The Bertz CT molecular complexity index is 705. The summed E-state index contributed by atoms with van der Waals surface area (Å²) < 4.78 is 1.89. The lowest BCUT2D eigenvalue weighted by atomic mass is 10.2. The first-order valence-electron chi connectivity index (χ1n) is 7.34. The van der Waals surface area contributed by atoms with E-state index in [1.807, 2.05) is 36.4 Å². The average molecular weight is 455 g/mol. The molecule has 3 amide bonds. The maximum Gasteiger partial charge on any atom is 0.315 e. The summed E-state index contributed by atoms with van der Waals surface area (Å²) in [5.74, 6) is -0.168. The molecule has 0 aliphatic carbocycles. The van der Waals surface area contributed by atoms with E-state index in [4.69, 9.17) is 0 Å².